The van der Waals surface area contributed by atoms with Gasteiger partial charge < -0.3 is 0 Å². The Kier molecular flexibility index (Phi) is 2.04. The lowest BCUT2D eigenvalue weighted by Gasteiger charge is -2.01. The molecule has 0 aromatic carbocycles. The Morgan fingerprint density at radius 2 is 1.79 bits per heavy atom. The van der Waals surface area contributed by atoms with Crippen LogP contribution >= 0.6 is 0 Å². The van der Waals surface area contributed by atoms with Crippen molar-refractivity contribution in [3.63, 3.8) is 0 Å². The van der Waals surface area contributed by atoms with Crippen molar-refractivity contribution < 1.29 is 0 Å². The van der Waals surface area contributed by atoms with E-state index in [9.17, 15) is 14.4 Å². The average molecular weight is 262 g/mol. The Balaban J connectivity index is 2.75. The van der Waals surface area contributed by atoms with Crippen LogP contribution in [0.3, 0.4) is 0 Å². The van der Waals surface area contributed by atoms with Crippen molar-refractivity contribution in [2.24, 2.45) is 14.1 Å². The highest BCUT2D eigenvalue weighted by molar-refractivity contribution is 5.74. The molecule has 0 fully saturated rings. The number of H-pyrrole nitrogens is 1. The van der Waals surface area contributed by atoms with E-state index < -0.39 is 11.2 Å². The van der Waals surface area contributed by atoms with Gasteiger partial charge in [0.1, 0.15) is 5.69 Å². The zero-order valence-electron chi connectivity index (χ0n) is 10.5. The summed E-state index contributed by atoms with van der Waals surface area (Å²) in [6.45, 7) is 1.52. The number of hydrogen-bond donors (Lipinski definition) is 1. The number of hydrogen-bond acceptors (Lipinski definition) is 5. The summed E-state index contributed by atoms with van der Waals surface area (Å²) in [6, 6.07) is 0. The average Bonchev–Trinajstić information content (AvgIpc) is 2.73. The van der Waals surface area contributed by atoms with Crippen LogP contribution in [0.1, 0.15) is 5.69 Å². The van der Waals surface area contributed by atoms with E-state index in [4.69, 9.17) is 0 Å². The first-order valence-electron chi connectivity index (χ1n) is 5.47. The molecule has 3 aromatic rings. The second-order valence-electron chi connectivity index (χ2n) is 4.26. The Labute approximate surface area is 104 Å². The van der Waals surface area contributed by atoms with Gasteiger partial charge in [-0.25, -0.2) is 4.79 Å². The molecule has 1 N–H and O–H groups in total. The molecule has 0 atom stereocenters. The van der Waals surface area contributed by atoms with Crippen molar-refractivity contribution in [1.29, 1.82) is 0 Å². The largest absolute Gasteiger partial charge is 0.332 e. The fraction of sp³-hybridized carbons (Fsp3) is 0.300. The lowest BCUT2D eigenvalue weighted by molar-refractivity contribution is 0.705. The van der Waals surface area contributed by atoms with E-state index in [2.05, 4.69) is 15.1 Å². The molecule has 3 heterocycles. The number of aromatic nitrogens is 6. The van der Waals surface area contributed by atoms with E-state index in [-0.39, 0.29) is 28.2 Å². The molecule has 0 amide bonds. The molecule has 0 bridgehead atoms. The van der Waals surface area contributed by atoms with Gasteiger partial charge in [0.05, 0.1) is 0 Å². The van der Waals surface area contributed by atoms with Crippen LogP contribution in [-0.2, 0) is 14.1 Å². The SMILES string of the molecule is Cc1nn2c(nc3c2c(=O)n(C)c(=O)n3C)[nH]c1=O. The molecular weight excluding hydrogens is 252 g/mol. The summed E-state index contributed by atoms with van der Waals surface area (Å²) >= 11 is 0. The number of aryl methyl sites for hydroxylation is 2. The van der Waals surface area contributed by atoms with Gasteiger partial charge in [-0.2, -0.15) is 14.6 Å². The highest BCUT2D eigenvalue weighted by Gasteiger charge is 2.16. The molecule has 0 radical (unpaired) electrons. The minimum atomic E-state index is -0.510. The maximum atomic E-state index is 12.1. The van der Waals surface area contributed by atoms with Crippen LogP contribution in [-0.4, -0.2) is 28.7 Å². The summed E-state index contributed by atoms with van der Waals surface area (Å²) in [5.41, 5.74) is -0.835. The molecule has 0 aliphatic carbocycles. The number of nitrogens with one attached hydrogen (secondary N) is 1. The van der Waals surface area contributed by atoms with Gasteiger partial charge in [-0.1, -0.05) is 0 Å². The van der Waals surface area contributed by atoms with Crippen LogP contribution in [0, 0.1) is 6.92 Å². The van der Waals surface area contributed by atoms with Crippen molar-refractivity contribution in [3.05, 3.63) is 36.9 Å². The van der Waals surface area contributed by atoms with Gasteiger partial charge in [-0.3, -0.25) is 23.7 Å². The summed E-state index contributed by atoms with van der Waals surface area (Å²) in [5.74, 6) is 0.129. The standard InChI is InChI=1S/C10H10N6O3/c1-4-7(17)12-9-11-6-5(16(9)13-4)8(18)15(3)10(19)14(6)2/h1-3H3,(H,11,12,17). The van der Waals surface area contributed by atoms with Crippen LogP contribution in [0.5, 0.6) is 0 Å². The predicted molar refractivity (Wildman–Crippen MR) is 66.3 cm³/mol. The molecule has 9 heteroatoms. The molecule has 0 spiro atoms. The fourth-order valence-corrected chi connectivity index (χ4v) is 1.95. The van der Waals surface area contributed by atoms with Gasteiger partial charge in [0.25, 0.3) is 11.1 Å². The van der Waals surface area contributed by atoms with E-state index in [1.165, 1.54) is 30.1 Å². The second-order valence-corrected chi connectivity index (χ2v) is 4.26. The van der Waals surface area contributed by atoms with E-state index >= 15 is 0 Å². The van der Waals surface area contributed by atoms with Crippen molar-refractivity contribution in [1.82, 2.24) is 28.7 Å². The van der Waals surface area contributed by atoms with Gasteiger partial charge in [0.15, 0.2) is 11.2 Å². The number of rotatable bonds is 0. The monoisotopic (exact) mass is 262 g/mol. The number of imidazole rings is 1. The highest BCUT2D eigenvalue weighted by Crippen LogP contribution is 2.06. The summed E-state index contributed by atoms with van der Waals surface area (Å²) in [7, 11) is 2.88. The van der Waals surface area contributed by atoms with Gasteiger partial charge >= 0.3 is 5.69 Å². The number of nitrogens with zero attached hydrogens (tertiary/aromatic N) is 5. The van der Waals surface area contributed by atoms with Crippen LogP contribution in [0.4, 0.5) is 0 Å². The molecule has 3 rings (SSSR count). The maximum absolute atomic E-state index is 12.1. The van der Waals surface area contributed by atoms with E-state index in [1.54, 1.807) is 0 Å². The number of fused-ring (bicyclic) bond motifs is 3. The maximum Gasteiger partial charge on any atom is 0.332 e. The minimum Gasteiger partial charge on any atom is -0.289 e. The van der Waals surface area contributed by atoms with Crippen LogP contribution < -0.4 is 16.8 Å². The fourth-order valence-electron chi connectivity index (χ4n) is 1.95. The predicted octanol–water partition coefficient (Wildman–Crippen LogP) is -1.72. The molecule has 19 heavy (non-hydrogen) atoms. The Morgan fingerprint density at radius 3 is 2.47 bits per heavy atom. The zero-order chi connectivity index (χ0) is 13.9. The summed E-state index contributed by atoms with van der Waals surface area (Å²) in [4.78, 5) is 42.0. The molecule has 0 unspecified atom stereocenters. The molecule has 9 nitrogen and oxygen atoms in total. The van der Waals surface area contributed by atoms with Gasteiger partial charge in [-0.05, 0) is 6.92 Å². The minimum absolute atomic E-state index is 0.129. The third-order valence-corrected chi connectivity index (χ3v) is 3.04. The highest BCUT2D eigenvalue weighted by atomic mass is 16.2. The van der Waals surface area contributed by atoms with Gasteiger partial charge in [-0.15, -0.1) is 0 Å². The van der Waals surface area contributed by atoms with Crippen molar-refractivity contribution >= 4 is 16.9 Å². The van der Waals surface area contributed by atoms with Crippen LogP contribution in [0.15, 0.2) is 14.4 Å². The summed E-state index contributed by atoms with van der Waals surface area (Å²) in [5, 5.41) is 4.02. The van der Waals surface area contributed by atoms with Crippen LogP contribution in [0.2, 0.25) is 0 Å². The lowest BCUT2D eigenvalue weighted by Crippen LogP contribution is -2.37. The van der Waals surface area contributed by atoms with Crippen LogP contribution in [0.25, 0.3) is 16.9 Å². The third-order valence-electron chi connectivity index (χ3n) is 3.04. The van der Waals surface area contributed by atoms with Crippen molar-refractivity contribution in [3.8, 4) is 0 Å². The molecule has 0 saturated heterocycles. The Bertz CT molecular complexity index is 1000. The lowest BCUT2D eigenvalue weighted by atomic mass is 10.5. The quantitative estimate of drug-likeness (QED) is 0.518. The topological polar surface area (TPSA) is 107 Å². The number of aromatic amines is 1. The smallest absolute Gasteiger partial charge is 0.289 e. The van der Waals surface area contributed by atoms with Gasteiger partial charge in [0.2, 0.25) is 5.78 Å². The van der Waals surface area contributed by atoms with E-state index in [0.29, 0.717) is 0 Å². The van der Waals surface area contributed by atoms with Crippen molar-refractivity contribution in [2.45, 2.75) is 6.92 Å². The first-order chi connectivity index (χ1) is 8.91. The first kappa shape index (κ1) is 11.4. The first-order valence-corrected chi connectivity index (χ1v) is 5.47. The Morgan fingerprint density at radius 1 is 1.11 bits per heavy atom. The second kappa shape index (κ2) is 3.40. The molecular formula is C10H10N6O3. The third kappa shape index (κ3) is 1.32. The van der Waals surface area contributed by atoms with Gasteiger partial charge in [0, 0.05) is 14.1 Å². The molecule has 0 aliphatic rings. The molecule has 98 valence electrons. The summed E-state index contributed by atoms with van der Waals surface area (Å²) in [6.07, 6.45) is 0. The van der Waals surface area contributed by atoms with E-state index in [0.717, 1.165) is 4.57 Å². The normalized spacial score (nSPS) is 11.5. The zero-order valence-corrected chi connectivity index (χ0v) is 10.5. The van der Waals surface area contributed by atoms with E-state index in [1.807, 2.05) is 0 Å². The molecule has 0 aliphatic heterocycles. The van der Waals surface area contributed by atoms with Crippen molar-refractivity contribution in [2.75, 3.05) is 0 Å². The summed E-state index contributed by atoms with van der Waals surface area (Å²) < 4.78 is 3.45. The molecule has 0 saturated carbocycles. The Hall–Kier alpha value is -2.71. The molecule has 3 aromatic heterocycles.